The Balaban J connectivity index is 1.60. The molecule has 1 aromatic carbocycles. The van der Waals surface area contributed by atoms with Crippen LogP contribution in [0.3, 0.4) is 0 Å². The highest BCUT2D eigenvalue weighted by molar-refractivity contribution is 6.32. The average Bonchev–Trinajstić information content (AvgIpc) is 3.15. The number of hydrogen-bond acceptors (Lipinski definition) is 4. The second-order valence-electron chi connectivity index (χ2n) is 7.51. The molecule has 8 heteroatoms. The van der Waals surface area contributed by atoms with Crippen LogP contribution in [0.2, 0.25) is 5.02 Å². The second-order valence-corrected chi connectivity index (χ2v) is 7.92. The van der Waals surface area contributed by atoms with Crippen molar-refractivity contribution in [2.75, 3.05) is 18.5 Å². The van der Waals surface area contributed by atoms with Crippen LogP contribution in [0.1, 0.15) is 39.5 Å². The maximum atomic E-state index is 12.6. The van der Waals surface area contributed by atoms with Gasteiger partial charge in [0.1, 0.15) is 17.8 Å². The van der Waals surface area contributed by atoms with Crippen molar-refractivity contribution in [3.05, 3.63) is 23.2 Å². The van der Waals surface area contributed by atoms with Gasteiger partial charge in [0.05, 0.1) is 11.6 Å². The van der Waals surface area contributed by atoms with E-state index in [0.29, 0.717) is 41.8 Å². The van der Waals surface area contributed by atoms with Crippen LogP contribution in [0, 0.1) is 5.92 Å². The van der Waals surface area contributed by atoms with Crippen molar-refractivity contribution < 1.29 is 19.1 Å². The largest absolute Gasteiger partial charge is 0.492 e. The highest BCUT2D eigenvalue weighted by Gasteiger charge is 2.52. The summed E-state index contributed by atoms with van der Waals surface area (Å²) in [4.78, 5) is 38.0. The lowest BCUT2D eigenvalue weighted by molar-refractivity contribution is -0.133. The normalized spacial score (nSPS) is 18.3. The van der Waals surface area contributed by atoms with E-state index in [1.165, 1.54) is 0 Å². The number of benzene rings is 1. The van der Waals surface area contributed by atoms with Gasteiger partial charge in [0.25, 0.3) is 5.91 Å². The molecule has 1 saturated carbocycles. The van der Waals surface area contributed by atoms with E-state index in [9.17, 15) is 14.4 Å². The van der Waals surface area contributed by atoms with Crippen LogP contribution in [-0.2, 0) is 9.59 Å². The number of ether oxygens (including phenoxy) is 1. The Morgan fingerprint density at radius 3 is 2.67 bits per heavy atom. The molecule has 0 aromatic heterocycles. The number of nitrogens with zero attached hydrogens (tertiary/aromatic N) is 1. The summed E-state index contributed by atoms with van der Waals surface area (Å²) in [5.74, 6) is 0.143. The first-order valence-corrected chi connectivity index (χ1v) is 9.55. The average molecular weight is 394 g/mol. The van der Waals surface area contributed by atoms with E-state index in [1.807, 2.05) is 13.8 Å². The van der Waals surface area contributed by atoms with Gasteiger partial charge in [0, 0.05) is 5.69 Å². The Morgan fingerprint density at radius 1 is 1.33 bits per heavy atom. The third kappa shape index (κ3) is 4.18. The molecule has 4 amide bonds. The lowest BCUT2D eigenvalue weighted by Crippen LogP contribution is -2.44. The van der Waals surface area contributed by atoms with Gasteiger partial charge in [-0.05, 0) is 37.0 Å². The molecule has 1 aliphatic carbocycles. The monoisotopic (exact) mass is 393 g/mol. The van der Waals surface area contributed by atoms with Crippen LogP contribution < -0.4 is 15.4 Å². The van der Waals surface area contributed by atoms with E-state index in [4.69, 9.17) is 16.3 Å². The number of rotatable bonds is 6. The number of urea groups is 1. The number of hydrogen-bond donors (Lipinski definition) is 2. The topological polar surface area (TPSA) is 87.7 Å². The minimum absolute atomic E-state index is 0.310. The van der Waals surface area contributed by atoms with Gasteiger partial charge >= 0.3 is 6.03 Å². The molecule has 7 nitrogen and oxygen atoms in total. The van der Waals surface area contributed by atoms with Crippen LogP contribution in [-0.4, -0.2) is 41.4 Å². The van der Waals surface area contributed by atoms with E-state index in [2.05, 4.69) is 10.6 Å². The van der Waals surface area contributed by atoms with E-state index in [-0.39, 0.29) is 12.5 Å². The minimum atomic E-state index is -0.809. The summed E-state index contributed by atoms with van der Waals surface area (Å²) in [6.45, 7) is 4.29. The third-order valence-corrected chi connectivity index (χ3v) is 5.09. The van der Waals surface area contributed by atoms with Gasteiger partial charge in [-0.2, -0.15) is 0 Å². The zero-order valence-corrected chi connectivity index (χ0v) is 16.3. The van der Waals surface area contributed by atoms with Crippen molar-refractivity contribution in [2.24, 2.45) is 5.92 Å². The molecule has 3 rings (SSSR count). The maximum Gasteiger partial charge on any atom is 0.325 e. The number of carbonyl (C=O) groups is 3. The van der Waals surface area contributed by atoms with Gasteiger partial charge in [-0.1, -0.05) is 38.3 Å². The fourth-order valence-corrected chi connectivity index (χ4v) is 3.67. The number of anilines is 1. The molecule has 1 aromatic rings. The summed E-state index contributed by atoms with van der Waals surface area (Å²) in [5, 5.41) is 5.81. The second kappa shape index (κ2) is 7.76. The first-order valence-electron chi connectivity index (χ1n) is 9.17. The van der Waals surface area contributed by atoms with Crippen molar-refractivity contribution in [3.8, 4) is 5.75 Å². The number of amides is 4. The fraction of sp³-hybridized carbons (Fsp3) is 0.526. The van der Waals surface area contributed by atoms with Gasteiger partial charge in [-0.3, -0.25) is 14.5 Å². The highest BCUT2D eigenvalue weighted by Crippen LogP contribution is 2.35. The van der Waals surface area contributed by atoms with Gasteiger partial charge in [0.15, 0.2) is 0 Å². The molecule has 1 spiro atoms. The molecule has 146 valence electrons. The lowest BCUT2D eigenvalue weighted by atomic mass is 9.98. The van der Waals surface area contributed by atoms with Crippen molar-refractivity contribution in [2.45, 2.75) is 45.1 Å². The highest BCUT2D eigenvalue weighted by atomic mass is 35.5. The fourth-order valence-electron chi connectivity index (χ4n) is 3.43. The van der Waals surface area contributed by atoms with Crippen LogP contribution in [0.5, 0.6) is 5.75 Å². The van der Waals surface area contributed by atoms with Gasteiger partial charge in [0.2, 0.25) is 5.91 Å². The quantitative estimate of drug-likeness (QED) is 0.726. The summed E-state index contributed by atoms with van der Waals surface area (Å²) in [6, 6.07) is 4.43. The molecule has 1 heterocycles. The van der Waals surface area contributed by atoms with Crippen LogP contribution in [0.15, 0.2) is 18.2 Å². The summed E-state index contributed by atoms with van der Waals surface area (Å²) >= 11 is 6.19. The Labute approximate surface area is 163 Å². The van der Waals surface area contributed by atoms with E-state index < -0.39 is 17.5 Å². The Kier molecular flexibility index (Phi) is 5.60. The molecule has 2 N–H and O–H groups in total. The molecule has 0 atom stereocenters. The molecule has 1 saturated heterocycles. The first-order chi connectivity index (χ1) is 12.8. The zero-order valence-electron chi connectivity index (χ0n) is 15.5. The third-order valence-electron chi connectivity index (χ3n) is 4.79. The molecule has 27 heavy (non-hydrogen) atoms. The minimum Gasteiger partial charge on any atom is -0.492 e. The Hall–Kier alpha value is -2.28. The SMILES string of the molecule is CC(C)COc1ccc(NC(=O)CN2C(=O)NC3(CCCC3)C2=O)cc1Cl. The van der Waals surface area contributed by atoms with Gasteiger partial charge in [-0.15, -0.1) is 0 Å². The summed E-state index contributed by atoms with van der Waals surface area (Å²) in [5.41, 5.74) is -0.333. The predicted octanol–water partition coefficient (Wildman–Crippen LogP) is 3.18. The van der Waals surface area contributed by atoms with Crippen molar-refractivity contribution in [3.63, 3.8) is 0 Å². The number of imide groups is 1. The Morgan fingerprint density at radius 2 is 2.04 bits per heavy atom. The first kappa shape index (κ1) is 19.5. The molecule has 2 fully saturated rings. The van der Waals surface area contributed by atoms with E-state index in [1.54, 1.807) is 18.2 Å². The molecular formula is C19H24ClN3O4. The lowest BCUT2D eigenvalue weighted by Gasteiger charge is -2.19. The predicted molar refractivity (Wildman–Crippen MR) is 102 cm³/mol. The van der Waals surface area contributed by atoms with Crippen LogP contribution >= 0.6 is 11.6 Å². The molecule has 1 aliphatic heterocycles. The molecular weight excluding hydrogens is 370 g/mol. The molecule has 0 radical (unpaired) electrons. The van der Waals surface area contributed by atoms with Gasteiger partial charge in [-0.25, -0.2) is 4.79 Å². The van der Waals surface area contributed by atoms with Crippen LogP contribution in [0.4, 0.5) is 10.5 Å². The van der Waals surface area contributed by atoms with Crippen molar-refractivity contribution in [1.82, 2.24) is 10.2 Å². The summed E-state index contributed by atoms with van der Waals surface area (Å²) < 4.78 is 5.60. The number of carbonyl (C=O) groups excluding carboxylic acids is 3. The smallest absolute Gasteiger partial charge is 0.325 e. The molecule has 0 bridgehead atoms. The molecule has 2 aliphatic rings. The standard InChI is InChI=1S/C19H24ClN3O4/c1-12(2)11-27-15-6-5-13(9-14(15)20)21-16(24)10-23-17(25)19(22-18(23)26)7-3-4-8-19/h5-6,9,12H,3-4,7-8,10-11H2,1-2H3,(H,21,24)(H,22,26). The Bertz CT molecular complexity index is 759. The summed E-state index contributed by atoms with van der Waals surface area (Å²) in [7, 11) is 0. The van der Waals surface area contributed by atoms with E-state index >= 15 is 0 Å². The number of halogens is 1. The molecule has 0 unspecified atom stereocenters. The van der Waals surface area contributed by atoms with Crippen molar-refractivity contribution >= 4 is 35.1 Å². The van der Waals surface area contributed by atoms with Crippen molar-refractivity contribution in [1.29, 1.82) is 0 Å². The summed E-state index contributed by atoms with van der Waals surface area (Å²) in [6.07, 6.45) is 3.05. The van der Waals surface area contributed by atoms with Gasteiger partial charge < -0.3 is 15.4 Å². The van der Waals surface area contributed by atoms with E-state index in [0.717, 1.165) is 17.7 Å². The van der Waals surface area contributed by atoms with Crippen LogP contribution in [0.25, 0.3) is 0 Å². The maximum absolute atomic E-state index is 12.6. The zero-order chi connectivity index (χ0) is 19.6. The number of nitrogens with one attached hydrogen (secondary N) is 2.